The van der Waals surface area contributed by atoms with Crippen LogP contribution in [0.1, 0.15) is 0 Å². The largest absolute Gasteiger partial charge is 0.456 e. The number of furan rings is 2. The van der Waals surface area contributed by atoms with Gasteiger partial charge in [0.15, 0.2) is 23.3 Å². The number of fused-ring (bicyclic) bond motifs is 12. The lowest BCUT2D eigenvalue weighted by atomic mass is 9.98. The van der Waals surface area contributed by atoms with E-state index in [1.165, 1.54) is 0 Å². The smallest absolute Gasteiger partial charge is 0.238 e. The van der Waals surface area contributed by atoms with E-state index < -0.39 is 0 Å². The van der Waals surface area contributed by atoms with Crippen LogP contribution in [-0.2, 0) is 0 Å². The lowest BCUT2D eigenvalue weighted by molar-refractivity contribution is 0.669. The fourth-order valence-electron chi connectivity index (χ4n) is 14.5. The van der Waals surface area contributed by atoms with E-state index in [4.69, 9.17) is 38.7 Å². The second-order valence-electron chi connectivity index (χ2n) is 25.4. The van der Waals surface area contributed by atoms with Crippen LogP contribution in [0, 0.1) is 0 Å². The Kier molecular flexibility index (Phi) is 13.0. The van der Waals surface area contributed by atoms with Crippen LogP contribution in [0.25, 0.3) is 201 Å². The van der Waals surface area contributed by atoms with Crippen molar-refractivity contribution in [2.45, 2.75) is 0 Å². The zero-order valence-electron chi connectivity index (χ0n) is 53.6. The third kappa shape index (κ3) is 9.64. The summed E-state index contributed by atoms with van der Waals surface area (Å²) in [4.78, 5) is 31.7. The minimum Gasteiger partial charge on any atom is -0.456 e. The lowest BCUT2D eigenvalue weighted by Gasteiger charge is -2.12. The SMILES string of the molecule is c1ccc(-c2ccc3c(c2)oc2cc(-c4nc(-c5ccccc5)nc(-n5c6ccccc6c6cc(-c7ccc(-c8ccc(-c9nc(-c%10ccc%11c(c%10)oc%10cc(-c%12ccccc%12)ccc%10%11)nc(-n%10c%11ccccc%11c%11ccc(-c%12ccccc%12)cc%11%10)n9)cc8)cc7)ccc65)n4)ccc23)cc1. The molecule has 20 rings (SSSR count). The normalized spacial score (nSPS) is 11.8. The van der Waals surface area contributed by atoms with Crippen LogP contribution in [0.4, 0.5) is 0 Å². The molecule has 0 atom stereocenters. The summed E-state index contributed by atoms with van der Waals surface area (Å²) in [6.07, 6.45) is 0. The van der Waals surface area contributed by atoms with Crippen molar-refractivity contribution in [1.82, 2.24) is 39.0 Å². The highest BCUT2D eigenvalue weighted by atomic mass is 16.3. The van der Waals surface area contributed by atoms with Gasteiger partial charge >= 0.3 is 0 Å². The Hall–Kier alpha value is -13.7. The molecule has 10 nitrogen and oxygen atoms in total. The number of rotatable bonds is 11. The first-order valence-electron chi connectivity index (χ1n) is 33.5. The van der Waals surface area contributed by atoms with E-state index in [0.29, 0.717) is 35.2 Å². The summed E-state index contributed by atoms with van der Waals surface area (Å²) in [6, 6.07) is 114. The van der Waals surface area contributed by atoms with Crippen molar-refractivity contribution in [3.05, 3.63) is 328 Å². The van der Waals surface area contributed by atoms with Crippen molar-refractivity contribution in [2.24, 2.45) is 0 Å². The van der Waals surface area contributed by atoms with Gasteiger partial charge < -0.3 is 8.83 Å². The van der Waals surface area contributed by atoms with Crippen molar-refractivity contribution in [2.75, 3.05) is 0 Å². The van der Waals surface area contributed by atoms with Gasteiger partial charge in [-0.3, -0.25) is 9.13 Å². The molecule has 6 heterocycles. The molecule has 6 aromatic heterocycles. The second-order valence-corrected chi connectivity index (χ2v) is 25.4. The predicted molar refractivity (Wildman–Crippen MR) is 405 cm³/mol. The quantitative estimate of drug-likeness (QED) is 0.126. The number of benzene rings is 14. The Labute approximate surface area is 572 Å². The summed E-state index contributed by atoms with van der Waals surface area (Å²) in [5.41, 5.74) is 21.5. The molecule has 0 amide bonds. The lowest BCUT2D eigenvalue weighted by Crippen LogP contribution is -2.06. The fourth-order valence-corrected chi connectivity index (χ4v) is 14.5. The van der Waals surface area contributed by atoms with E-state index in [0.717, 1.165) is 165 Å². The third-order valence-electron chi connectivity index (χ3n) is 19.5. The van der Waals surface area contributed by atoms with Crippen molar-refractivity contribution in [3.63, 3.8) is 0 Å². The third-order valence-corrected chi connectivity index (χ3v) is 19.5. The number of aromatic nitrogens is 8. The maximum Gasteiger partial charge on any atom is 0.238 e. The van der Waals surface area contributed by atoms with Crippen LogP contribution in [0.15, 0.2) is 336 Å². The van der Waals surface area contributed by atoms with Gasteiger partial charge in [-0.25, -0.2) is 9.97 Å². The van der Waals surface area contributed by atoms with Crippen LogP contribution in [-0.4, -0.2) is 39.0 Å². The first kappa shape index (κ1) is 56.6. The molecule has 10 heteroatoms. The van der Waals surface area contributed by atoms with Crippen LogP contribution in [0.2, 0.25) is 0 Å². The zero-order valence-corrected chi connectivity index (χ0v) is 53.6. The number of nitrogens with zero attached hydrogens (tertiary/aromatic N) is 8. The van der Waals surface area contributed by atoms with Crippen LogP contribution in [0.3, 0.4) is 0 Å². The van der Waals surface area contributed by atoms with E-state index in [-0.39, 0.29) is 0 Å². The predicted octanol–water partition coefficient (Wildman–Crippen LogP) is 23.1. The Morgan fingerprint density at radius 3 is 0.900 bits per heavy atom. The van der Waals surface area contributed by atoms with Gasteiger partial charge in [-0.15, -0.1) is 0 Å². The van der Waals surface area contributed by atoms with Crippen molar-refractivity contribution < 1.29 is 8.83 Å². The van der Waals surface area contributed by atoms with E-state index in [2.05, 4.69) is 282 Å². The standard InChI is InChI=1S/C90H54N8O2/c1-5-17-55(18-6-1)64-37-43-71-69-25-13-15-27-77(69)98(80(71)50-64)90-94-86(92-88(96-90)68-41-47-75-73-45-39-66(57-21-9-3-10-22-57)52-82(73)100-84(75)54-68)62-35-33-59(34-36-62)58-29-31-60(32-30-58)63-42-48-79-76(49-63)70-26-14-16-28-78(70)97(79)89-93-85(61-23-11-4-12-24-61)91-87(95-89)67-40-46-74-72-44-38-65(56-19-7-2-8-20-56)51-81(72)99-83(74)53-67/h1-54H. The summed E-state index contributed by atoms with van der Waals surface area (Å²) < 4.78 is 17.6. The average Bonchev–Trinajstić information content (AvgIpc) is 1.58. The highest BCUT2D eigenvalue weighted by Crippen LogP contribution is 2.41. The number of para-hydroxylation sites is 2. The van der Waals surface area contributed by atoms with E-state index in [1.807, 2.05) is 54.6 Å². The van der Waals surface area contributed by atoms with Gasteiger partial charge in [0.2, 0.25) is 11.9 Å². The Morgan fingerprint density at radius 1 is 0.170 bits per heavy atom. The molecule has 20 aromatic rings. The molecule has 0 N–H and O–H groups in total. The fraction of sp³-hybridized carbons (Fsp3) is 0. The van der Waals surface area contributed by atoms with Crippen LogP contribution in [0.5, 0.6) is 0 Å². The molecule has 14 aromatic carbocycles. The van der Waals surface area contributed by atoms with Gasteiger partial charge in [-0.2, -0.15) is 19.9 Å². The molecule has 0 fully saturated rings. The molecular weight excluding hydrogens is 1230 g/mol. The summed E-state index contributed by atoms with van der Waals surface area (Å²) >= 11 is 0. The topological polar surface area (TPSA) is 113 Å². The van der Waals surface area contributed by atoms with E-state index in [9.17, 15) is 0 Å². The zero-order chi connectivity index (χ0) is 65.8. The van der Waals surface area contributed by atoms with Gasteiger partial charge in [0.25, 0.3) is 0 Å². The van der Waals surface area contributed by atoms with Gasteiger partial charge in [0, 0.05) is 65.3 Å². The number of hydrogen-bond donors (Lipinski definition) is 0. The first-order valence-corrected chi connectivity index (χ1v) is 33.5. The van der Waals surface area contributed by atoms with Crippen molar-refractivity contribution in [1.29, 1.82) is 0 Å². The average molecular weight is 1280 g/mol. The molecule has 0 saturated heterocycles. The minimum absolute atomic E-state index is 0.514. The highest BCUT2D eigenvalue weighted by molar-refractivity contribution is 6.12. The summed E-state index contributed by atoms with van der Waals surface area (Å²) in [5.74, 6) is 3.23. The molecule has 0 aliphatic heterocycles. The molecule has 0 aliphatic carbocycles. The highest BCUT2D eigenvalue weighted by Gasteiger charge is 2.23. The molecule has 0 bridgehead atoms. The number of hydrogen-bond acceptors (Lipinski definition) is 8. The van der Waals surface area contributed by atoms with Crippen molar-refractivity contribution >= 4 is 87.5 Å². The molecule has 0 aliphatic rings. The Balaban J connectivity index is 0.647. The Bertz CT molecular complexity index is 6620. The van der Waals surface area contributed by atoms with Crippen molar-refractivity contribution in [3.8, 4) is 113 Å². The van der Waals surface area contributed by atoms with Gasteiger partial charge in [0.05, 0.1) is 22.1 Å². The van der Waals surface area contributed by atoms with E-state index >= 15 is 0 Å². The molecule has 0 spiro atoms. The second kappa shape index (κ2) is 23.0. The first-order chi connectivity index (χ1) is 49.5. The Morgan fingerprint density at radius 2 is 0.440 bits per heavy atom. The van der Waals surface area contributed by atoms with E-state index in [1.54, 1.807) is 0 Å². The summed E-state index contributed by atoms with van der Waals surface area (Å²) in [7, 11) is 0. The van der Waals surface area contributed by atoms with Crippen LogP contribution < -0.4 is 0 Å². The summed E-state index contributed by atoms with van der Waals surface area (Å²) in [5, 5.41) is 8.55. The molecule has 0 unspecified atom stereocenters. The minimum atomic E-state index is 0.514. The molecular formula is C90H54N8O2. The maximum atomic E-state index is 6.67. The van der Waals surface area contributed by atoms with Crippen LogP contribution >= 0.6 is 0 Å². The van der Waals surface area contributed by atoms with Gasteiger partial charge in [-0.1, -0.05) is 249 Å². The molecule has 466 valence electrons. The van der Waals surface area contributed by atoms with Gasteiger partial charge in [-0.05, 0) is 134 Å². The monoisotopic (exact) mass is 1280 g/mol. The maximum absolute atomic E-state index is 6.67. The molecule has 100 heavy (non-hydrogen) atoms. The molecule has 0 radical (unpaired) electrons. The molecule has 0 saturated carbocycles. The van der Waals surface area contributed by atoms with Gasteiger partial charge in [0.1, 0.15) is 22.3 Å². The summed E-state index contributed by atoms with van der Waals surface area (Å²) in [6.45, 7) is 0.